The maximum atomic E-state index is 13.0. The Morgan fingerprint density at radius 2 is 2.00 bits per heavy atom. The maximum Gasteiger partial charge on any atom is 0.424 e. The molecular formula is C12H14ClF3N2OS. The van der Waals surface area contributed by atoms with Gasteiger partial charge >= 0.3 is 6.18 Å². The Labute approximate surface area is 123 Å². The zero-order chi connectivity index (χ0) is 14.9. The summed E-state index contributed by atoms with van der Waals surface area (Å²) in [6.07, 6.45) is -1.27. The van der Waals surface area contributed by atoms with Gasteiger partial charge < -0.3 is 4.98 Å². The summed E-state index contributed by atoms with van der Waals surface area (Å²) in [6.45, 7) is 1.46. The first-order chi connectivity index (χ1) is 9.29. The van der Waals surface area contributed by atoms with E-state index in [2.05, 4.69) is 9.97 Å². The SMILES string of the molecule is Cc1nc(S[C@@H]2CCCC[C@H]2Cl)c(C(F)(F)F)c(=O)[nH]1. The third kappa shape index (κ3) is 3.49. The molecule has 0 bridgehead atoms. The van der Waals surface area contributed by atoms with Crippen molar-refractivity contribution in [2.75, 3.05) is 0 Å². The average molecular weight is 327 g/mol. The van der Waals surface area contributed by atoms with Crippen LogP contribution in [0.1, 0.15) is 37.1 Å². The minimum Gasteiger partial charge on any atom is -0.310 e. The molecule has 2 atom stereocenters. The van der Waals surface area contributed by atoms with E-state index in [1.165, 1.54) is 6.92 Å². The van der Waals surface area contributed by atoms with Crippen molar-refractivity contribution < 1.29 is 13.2 Å². The van der Waals surface area contributed by atoms with E-state index in [0.717, 1.165) is 37.4 Å². The number of aromatic amines is 1. The van der Waals surface area contributed by atoms with Crippen molar-refractivity contribution in [2.45, 2.75) is 54.4 Å². The zero-order valence-corrected chi connectivity index (χ0v) is 12.3. The molecule has 1 aromatic heterocycles. The van der Waals surface area contributed by atoms with E-state index in [1.54, 1.807) is 0 Å². The van der Waals surface area contributed by atoms with Crippen molar-refractivity contribution in [1.82, 2.24) is 9.97 Å². The Morgan fingerprint density at radius 1 is 1.35 bits per heavy atom. The van der Waals surface area contributed by atoms with Crippen LogP contribution in [0.5, 0.6) is 0 Å². The number of nitrogens with zero attached hydrogens (tertiary/aromatic N) is 1. The smallest absolute Gasteiger partial charge is 0.310 e. The molecule has 0 aromatic carbocycles. The first-order valence-electron chi connectivity index (χ1n) is 6.28. The van der Waals surface area contributed by atoms with Crippen LogP contribution in [0.2, 0.25) is 0 Å². The lowest BCUT2D eigenvalue weighted by Gasteiger charge is -2.26. The van der Waals surface area contributed by atoms with Crippen molar-refractivity contribution in [3.63, 3.8) is 0 Å². The fourth-order valence-electron chi connectivity index (χ4n) is 2.22. The van der Waals surface area contributed by atoms with E-state index in [4.69, 9.17) is 11.6 Å². The average Bonchev–Trinajstić information content (AvgIpc) is 2.29. The Morgan fingerprint density at radius 3 is 2.60 bits per heavy atom. The van der Waals surface area contributed by atoms with E-state index in [9.17, 15) is 18.0 Å². The summed E-state index contributed by atoms with van der Waals surface area (Å²) >= 11 is 7.13. The summed E-state index contributed by atoms with van der Waals surface area (Å²) in [7, 11) is 0. The van der Waals surface area contributed by atoms with Crippen LogP contribution < -0.4 is 5.56 Å². The second-order valence-corrected chi connectivity index (χ2v) is 6.57. The van der Waals surface area contributed by atoms with Crippen LogP contribution in [0, 0.1) is 6.92 Å². The Bertz CT molecular complexity index is 546. The highest BCUT2D eigenvalue weighted by Crippen LogP contribution is 2.40. The van der Waals surface area contributed by atoms with Gasteiger partial charge in [-0.1, -0.05) is 12.8 Å². The third-order valence-corrected chi connectivity index (χ3v) is 5.23. The van der Waals surface area contributed by atoms with Gasteiger partial charge in [-0.25, -0.2) is 4.98 Å². The van der Waals surface area contributed by atoms with E-state index >= 15 is 0 Å². The van der Waals surface area contributed by atoms with Gasteiger partial charge in [-0.05, 0) is 19.8 Å². The quantitative estimate of drug-likeness (QED) is 0.665. The molecule has 0 spiro atoms. The molecule has 112 valence electrons. The molecule has 1 heterocycles. The monoisotopic (exact) mass is 326 g/mol. The van der Waals surface area contributed by atoms with Gasteiger partial charge in [0.05, 0.1) is 0 Å². The minimum atomic E-state index is -4.72. The largest absolute Gasteiger partial charge is 0.424 e. The van der Waals surface area contributed by atoms with Crippen LogP contribution in [-0.2, 0) is 6.18 Å². The molecule has 0 unspecified atom stereocenters. The van der Waals surface area contributed by atoms with Crippen molar-refractivity contribution in [1.29, 1.82) is 0 Å². The van der Waals surface area contributed by atoms with Gasteiger partial charge in [0.1, 0.15) is 10.9 Å². The molecule has 2 rings (SSSR count). The Balaban J connectivity index is 2.37. The van der Waals surface area contributed by atoms with Gasteiger partial charge in [-0.2, -0.15) is 13.2 Å². The summed E-state index contributed by atoms with van der Waals surface area (Å²) in [6, 6.07) is 0. The molecular weight excluding hydrogens is 313 g/mol. The van der Waals surface area contributed by atoms with Gasteiger partial charge in [0.15, 0.2) is 5.56 Å². The highest BCUT2D eigenvalue weighted by atomic mass is 35.5. The normalized spacial score (nSPS) is 23.9. The second kappa shape index (κ2) is 5.97. The molecule has 1 aromatic rings. The molecule has 0 amide bonds. The van der Waals surface area contributed by atoms with Crippen LogP contribution >= 0.6 is 23.4 Å². The molecule has 1 aliphatic rings. The lowest BCUT2D eigenvalue weighted by molar-refractivity contribution is -0.141. The van der Waals surface area contributed by atoms with Gasteiger partial charge in [0.2, 0.25) is 0 Å². The molecule has 8 heteroatoms. The highest BCUT2D eigenvalue weighted by Gasteiger charge is 2.39. The van der Waals surface area contributed by atoms with Crippen LogP contribution in [-0.4, -0.2) is 20.6 Å². The first kappa shape index (κ1) is 15.7. The highest BCUT2D eigenvalue weighted by molar-refractivity contribution is 8.00. The number of halogens is 4. The fraction of sp³-hybridized carbons (Fsp3) is 0.667. The lowest BCUT2D eigenvalue weighted by Crippen LogP contribution is -2.27. The Hall–Kier alpha value is -0.690. The van der Waals surface area contributed by atoms with E-state index in [-0.39, 0.29) is 21.5 Å². The molecule has 0 saturated heterocycles. The summed E-state index contributed by atoms with van der Waals surface area (Å²) in [5, 5.41) is -0.590. The molecule has 20 heavy (non-hydrogen) atoms. The minimum absolute atomic E-state index is 0.139. The van der Waals surface area contributed by atoms with Crippen molar-refractivity contribution in [2.24, 2.45) is 0 Å². The molecule has 0 aliphatic heterocycles. The molecule has 1 saturated carbocycles. The summed E-state index contributed by atoms with van der Waals surface area (Å²) in [5.74, 6) is 0.174. The molecule has 1 fully saturated rings. The summed E-state index contributed by atoms with van der Waals surface area (Å²) in [4.78, 5) is 17.5. The van der Waals surface area contributed by atoms with Crippen LogP contribution in [0.25, 0.3) is 0 Å². The van der Waals surface area contributed by atoms with Gasteiger partial charge in [-0.15, -0.1) is 23.4 Å². The fourth-order valence-corrected chi connectivity index (χ4v) is 4.03. The Kier molecular flexibility index (Phi) is 4.69. The van der Waals surface area contributed by atoms with Gasteiger partial charge in [0, 0.05) is 10.6 Å². The number of aryl methyl sites for hydroxylation is 1. The van der Waals surface area contributed by atoms with Gasteiger partial charge in [0.25, 0.3) is 5.56 Å². The van der Waals surface area contributed by atoms with E-state index in [1.807, 2.05) is 0 Å². The number of hydrogen-bond donors (Lipinski definition) is 1. The first-order valence-corrected chi connectivity index (χ1v) is 7.59. The topological polar surface area (TPSA) is 45.8 Å². The predicted molar refractivity (Wildman–Crippen MR) is 72.4 cm³/mol. The number of nitrogens with one attached hydrogen (secondary N) is 1. The molecule has 1 aliphatic carbocycles. The zero-order valence-electron chi connectivity index (χ0n) is 10.8. The number of rotatable bonds is 2. The molecule has 3 nitrogen and oxygen atoms in total. The number of aromatic nitrogens is 2. The number of alkyl halides is 4. The van der Waals surface area contributed by atoms with E-state index in [0.29, 0.717) is 0 Å². The number of thioether (sulfide) groups is 1. The van der Waals surface area contributed by atoms with Gasteiger partial charge in [-0.3, -0.25) is 4.79 Å². The third-order valence-electron chi connectivity index (χ3n) is 3.17. The lowest BCUT2D eigenvalue weighted by atomic mass is 10.00. The predicted octanol–water partition coefficient (Wildman–Crippen LogP) is 3.74. The number of H-pyrrole nitrogens is 1. The van der Waals surface area contributed by atoms with Crippen molar-refractivity contribution in [3.05, 3.63) is 21.7 Å². The van der Waals surface area contributed by atoms with E-state index < -0.39 is 17.3 Å². The summed E-state index contributed by atoms with van der Waals surface area (Å²) in [5.41, 5.74) is -2.36. The number of hydrogen-bond acceptors (Lipinski definition) is 3. The molecule has 0 radical (unpaired) electrons. The van der Waals surface area contributed by atoms with Crippen LogP contribution in [0.15, 0.2) is 9.82 Å². The summed E-state index contributed by atoms with van der Waals surface area (Å²) < 4.78 is 39.0. The van der Waals surface area contributed by atoms with Crippen LogP contribution in [0.3, 0.4) is 0 Å². The standard InChI is InChI=1S/C12H14ClF3N2OS/c1-6-17-10(19)9(12(14,15)16)11(18-6)20-8-5-3-2-4-7(8)13/h7-8H,2-5H2,1H3,(H,17,18,19)/t7-,8-/m1/s1. The van der Waals surface area contributed by atoms with Crippen molar-refractivity contribution >= 4 is 23.4 Å². The van der Waals surface area contributed by atoms with Crippen LogP contribution in [0.4, 0.5) is 13.2 Å². The maximum absolute atomic E-state index is 13.0. The van der Waals surface area contributed by atoms with Crippen molar-refractivity contribution in [3.8, 4) is 0 Å². The molecule has 1 N–H and O–H groups in total. The second-order valence-electron chi connectivity index (χ2n) is 4.79.